The number of benzene rings is 1. The highest BCUT2D eigenvalue weighted by Gasteiger charge is 2.20. The maximum absolute atomic E-state index is 12.8. The fourth-order valence-corrected chi connectivity index (χ4v) is 2.80. The molecule has 0 unspecified atom stereocenters. The number of nitrogens with zero attached hydrogens (tertiary/aromatic N) is 4. The van der Waals surface area contributed by atoms with E-state index in [0.717, 1.165) is 0 Å². The third kappa shape index (κ3) is 6.49. The van der Waals surface area contributed by atoms with Crippen LogP contribution in [0.1, 0.15) is 25.3 Å². The Morgan fingerprint density at radius 2 is 2.07 bits per heavy atom. The summed E-state index contributed by atoms with van der Waals surface area (Å²) in [4.78, 5) is 40.7. The molecule has 0 N–H and O–H groups in total. The second-order valence-electron chi connectivity index (χ2n) is 6.15. The molecule has 150 valence electrons. The first-order chi connectivity index (χ1) is 13.5. The van der Waals surface area contributed by atoms with Gasteiger partial charge in [0, 0.05) is 43.7 Å². The van der Waals surface area contributed by atoms with Gasteiger partial charge < -0.3 is 14.2 Å². The Morgan fingerprint density at radius 3 is 2.75 bits per heavy atom. The molecule has 0 fully saturated rings. The van der Waals surface area contributed by atoms with Crippen molar-refractivity contribution in [3.05, 3.63) is 58.7 Å². The SMILES string of the molecule is CCOC(=O)CCN(CCCn1ccnc1)C(=O)Cc1ccccc1[N+](=O)[O-]. The Balaban J connectivity index is 2.02. The molecule has 2 rings (SSSR count). The van der Waals surface area contributed by atoms with E-state index in [0.29, 0.717) is 25.1 Å². The molecule has 1 aromatic heterocycles. The fraction of sp³-hybridized carbons (Fsp3) is 0.421. The minimum atomic E-state index is -0.495. The predicted molar refractivity (Wildman–Crippen MR) is 101 cm³/mol. The summed E-state index contributed by atoms with van der Waals surface area (Å²) >= 11 is 0. The van der Waals surface area contributed by atoms with Crippen molar-refractivity contribution in [1.82, 2.24) is 14.5 Å². The topological polar surface area (TPSA) is 108 Å². The van der Waals surface area contributed by atoms with Gasteiger partial charge >= 0.3 is 5.97 Å². The van der Waals surface area contributed by atoms with Crippen LogP contribution in [0.25, 0.3) is 0 Å². The van der Waals surface area contributed by atoms with Gasteiger partial charge in [0.05, 0.1) is 30.7 Å². The standard InChI is InChI=1S/C19H24N4O5/c1-2-28-19(25)8-12-22(11-5-10-21-13-9-20-15-21)18(24)14-16-6-3-4-7-17(16)23(26)27/h3-4,6-7,9,13,15H,2,5,8,10-12,14H2,1H3. The van der Waals surface area contributed by atoms with Gasteiger partial charge in [-0.25, -0.2) is 4.98 Å². The van der Waals surface area contributed by atoms with Crippen molar-refractivity contribution >= 4 is 17.6 Å². The summed E-state index contributed by atoms with van der Waals surface area (Å²) in [6, 6.07) is 6.18. The van der Waals surface area contributed by atoms with Crippen LogP contribution in [0, 0.1) is 10.1 Å². The van der Waals surface area contributed by atoms with Gasteiger partial charge in [0.1, 0.15) is 0 Å². The molecule has 0 aliphatic rings. The second-order valence-corrected chi connectivity index (χ2v) is 6.15. The Kier molecular flexibility index (Phi) is 8.13. The number of ether oxygens (including phenoxy) is 1. The molecule has 0 bridgehead atoms. The number of imidazole rings is 1. The molecule has 0 saturated carbocycles. The quantitative estimate of drug-likeness (QED) is 0.332. The summed E-state index contributed by atoms with van der Waals surface area (Å²) < 4.78 is 6.82. The molecule has 0 radical (unpaired) electrons. The van der Waals surface area contributed by atoms with Crippen LogP contribution in [0.2, 0.25) is 0 Å². The highest BCUT2D eigenvalue weighted by molar-refractivity contribution is 5.80. The lowest BCUT2D eigenvalue weighted by atomic mass is 10.1. The van der Waals surface area contributed by atoms with Crippen LogP contribution in [0.15, 0.2) is 43.0 Å². The molecule has 0 saturated heterocycles. The van der Waals surface area contributed by atoms with Crippen LogP contribution in [0.5, 0.6) is 0 Å². The number of nitro groups is 1. The molecule has 0 aliphatic carbocycles. The van der Waals surface area contributed by atoms with E-state index < -0.39 is 4.92 Å². The number of hydrogen-bond acceptors (Lipinski definition) is 6. The van der Waals surface area contributed by atoms with Crippen molar-refractivity contribution in [2.24, 2.45) is 0 Å². The molecular formula is C19H24N4O5. The van der Waals surface area contributed by atoms with E-state index in [2.05, 4.69) is 4.98 Å². The first-order valence-corrected chi connectivity index (χ1v) is 9.12. The van der Waals surface area contributed by atoms with Crippen LogP contribution in [-0.4, -0.2) is 50.9 Å². The largest absolute Gasteiger partial charge is 0.466 e. The van der Waals surface area contributed by atoms with Gasteiger partial charge in [0.15, 0.2) is 0 Å². The fourth-order valence-electron chi connectivity index (χ4n) is 2.80. The number of nitro benzene ring substituents is 1. The molecule has 28 heavy (non-hydrogen) atoms. The third-order valence-corrected chi connectivity index (χ3v) is 4.18. The highest BCUT2D eigenvalue weighted by Crippen LogP contribution is 2.19. The van der Waals surface area contributed by atoms with E-state index >= 15 is 0 Å². The Morgan fingerprint density at radius 1 is 1.29 bits per heavy atom. The number of esters is 1. The number of rotatable bonds is 11. The zero-order chi connectivity index (χ0) is 20.4. The molecule has 0 atom stereocenters. The van der Waals surface area contributed by atoms with Crippen molar-refractivity contribution < 1.29 is 19.2 Å². The van der Waals surface area contributed by atoms with Gasteiger partial charge in [-0.1, -0.05) is 18.2 Å². The lowest BCUT2D eigenvalue weighted by molar-refractivity contribution is -0.385. The van der Waals surface area contributed by atoms with Crippen LogP contribution in [-0.2, 0) is 27.3 Å². The maximum atomic E-state index is 12.8. The van der Waals surface area contributed by atoms with Crippen molar-refractivity contribution in [3.8, 4) is 0 Å². The second kappa shape index (κ2) is 10.8. The Hall–Kier alpha value is -3.23. The average Bonchev–Trinajstić information content (AvgIpc) is 3.18. The summed E-state index contributed by atoms with van der Waals surface area (Å²) in [6.07, 6.45) is 5.86. The number of amides is 1. The average molecular weight is 388 g/mol. The van der Waals surface area contributed by atoms with E-state index in [9.17, 15) is 19.7 Å². The minimum absolute atomic E-state index is 0.0837. The number of para-hydroxylation sites is 1. The molecule has 1 heterocycles. The smallest absolute Gasteiger partial charge is 0.307 e. The number of aromatic nitrogens is 2. The minimum Gasteiger partial charge on any atom is -0.466 e. The van der Waals surface area contributed by atoms with Gasteiger partial charge in [0.25, 0.3) is 5.69 Å². The Labute approximate surface area is 163 Å². The first kappa shape index (κ1) is 21.1. The van der Waals surface area contributed by atoms with Gasteiger partial charge in [-0.2, -0.15) is 0 Å². The van der Waals surface area contributed by atoms with E-state index in [-0.39, 0.29) is 43.6 Å². The van der Waals surface area contributed by atoms with E-state index in [1.807, 2.05) is 10.8 Å². The third-order valence-electron chi connectivity index (χ3n) is 4.18. The van der Waals surface area contributed by atoms with E-state index in [1.165, 1.54) is 6.07 Å². The van der Waals surface area contributed by atoms with E-state index in [4.69, 9.17) is 4.74 Å². The van der Waals surface area contributed by atoms with E-state index in [1.54, 1.807) is 42.5 Å². The zero-order valence-corrected chi connectivity index (χ0v) is 15.8. The number of hydrogen-bond donors (Lipinski definition) is 0. The molecule has 9 heteroatoms. The van der Waals surface area contributed by atoms with Gasteiger partial charge in [-0.05, 0) is 13.3 Å². The molecule has 1 aromatic carbocycles. The maximum Gasteiger partial charge on any atom is 0.307 e. The summed E-state index contributed by atoms with van der Waals surface area (Å²) in [6.45, 7) is 3.32. The van der Waals surface area contributed by atoms with Gasteiger partial charge in [-0.15, -0.1) is 0 Å². The normalized spacial score (nSPS) is 10.5. The summed E-state index contributed by atoms with van der Waals surface area (Å²) in [7, 11) is 0. The van der Waals surface area contributed by atoms with Crippen LogP contribution >= 0.6 is 0 Å². The molecule has 2 aromatic rings. The molecule has 0 spiro atoms. The van der Waals surface area contributed by atoms with Crippen LogP contribution < -0.4 is 0 Å². The lowest BCUT2D eigenvalue weighted by Crippen LogP contribution is -2.35. The number of carbonyl (C=O) groups excluding carboxylic acids is 2. The molecule has 0 aliphatic heterocycles. The summed E-state index contributed by atoms with van der Waals surface area (Å²) in [5.74, 6) is -0.634. The van der Waals surface area contributed by atoms with Crippen molar-refractivity contribution in [2.75, 3.05) is 19.7 Å². The summed E-state index contributed by atoms with van der Waals surface area (Å²) in [5, 5.41) is 11.2. The van der Waals surface area contributed by atoms with Crippen LogP contribution in [0.3, 0.4) is 0 Å². The predicted octanol–water partition coefficient (Wildman–Crippen LogP) is 2.21. The monoisotopic (exact) mass is 388 g/mol. The van der Waals surface area contributed by atoms with Gasteiger partial charge in [-0.3, -0.25) is 19.7 Å². The molecule has 1 amide bonds. The number of aryl methyl sites for hydroxylation is 1. The summed E-state index contributed by atoms with van der Waals surface area (Å²) in [5.41, 5.74) is 0.271. The first-order valence-electron chi connectivity index (χ1n) is 9.12. The Bertz CT molecular complexity index is 791. The highest BCUT2D eigenvalue weighted by atomic mass is 16.6. The van der Waals surface area contributed by atoms with Crippen molar-refractivity contribution in [3.63, 3.8) is 0 Å². The van der Waals surface area contributed by atoms with Crippen LogP contribution in [0.4, 0.5) is 5.69 Å². The number of carbonyl (C=O) groups is 2. The van der Waals surface area contributed by atoms with Crippen molar-refractivity contribution in [1.29, 1.82) is 0 Å². The van der Waals surface area contributed by atoms with Crippen molar-refractivity contribution in [2.45, 2.75) is 32.7 Å². The lowest BCUT2D eigenvalue weighted by Gasteiger charge is -2.22. The van der Waals surface area contributed by atoms with Gasteiger partial charge in [0.2, 0.25) is 5.91 Å². The molecule has 9 nitrogen and oxygen atoms in total. The zero-order valence-electron chi connectivity index (χ0n) is 15.8. The molecular weight excluding hydrogens is 364 g/mol.